The zero-order valence-electron chi connectivity index (χ0n) is 15.0. The normalized spacial score (nSPS) is 14.3. The maximum absolute atomic E-state index is 12.5. The zero-order chi connectivity index (χ0) is 18.5. The van der Waals surface area contributed by atoms with Gasteiger partial charge in [0.25, 0.3) is 5.91 Å². The van der Waals surface area contributed by atoms with E-state index in [1.807, 2.05) is 56.3 Å². The van der Waals surface area contributed by atoms with Crippen LogP contribution in [0.25, 0.3) is 11.6 Å². The molecule has 0 saturated heterocycles. The number of benzene rings is 2. The molecule has 26 heavy (non-hydrogen) atoms. The molecule has 1 aliphatic heterocycles. The molecule has 0 spiro atoms. The molecule has 0 bridgehead atoms. The Bertz CT molecular complexity index is 821. The fraction of sp³-hybridized carbons (Fsp3) is 0.286. The molecule has 1 heterocycles. The first-order chi connectivity index (χ1) is 12.6. The van der Waals surface area contributed by atoms with Crippen molar-refractivity contribution in [2.45, 2.75) is 20.3 Å². The molecular weight excluding hydrogens is 350 g/mol. The molecule has 5 heteroatoms. The first-order valence-electron chi connectivity index (χ1n) is 8.77. The highest BCUT2D eigenvalue weighted by Gasteiger charge is 2.24. The van der Waals surface area contributed by atoms with E-state index in [0.717, 1.165) is 40.3 Å². The van der Waals surface area contributed by atoms with Gasteiger partial charge in [0.15, 0.2) is 0 Å². The number of alkyl halides is 1. The number of carbonyl (C=O) groups excluding carboxylic acids is 1. The summed E-state index contributed by atoms with van der Waals surface area (Å²) in [7, 11) is 0. The van der Waals surface area contributed by atoms with Crippen molar-refractivity contribution < 1.29 is 14.3 Å². The Labute approximate surface area is 158 Å². The van der Waals surface area contributed by atoms with E-state index in [0.29, 0.717) is 24.7 Å². The molecule has 4 nitrogen and oxygen atoms in total. The maximum Gasteiger partial charge on any atom is 0.256 e. The predicted octanol–water partition coefficient (Wildman–Crippen LogP) is 4.76. The number of hydrogen-bond donors (Lipinski definition) is 1. The van der Waals surface area contributed by atoms with E-state index in [4.69, 9.17) is 21.1 Å². The topological polar surface area (TPSA) is 47.6 Å². The second-order valence-corrected chi connectivity index (χ2v) is 6.31. The van der Waals surface area contributed by atoms with E-state index in [9.17, 15) is 4.79 Å². The third kappa shape index (κ3) is 4.02. The summed E-state index contributed by atoms with van der Waals surface area (Å²) in [5.41, 5.74) is 4.33. The number of ether oxygens (including phenoxy) is 2. The number of nitrogens with one attached hydrogen (secondary N) is 1. The monoisotopic (exact) mass is 371 g/mol. The summed E-state index contributed by atoms with van der Waals surface area (Å²) < 4.78 is 11.2. The average molecular weight is 372 g/mol. The molecule has 136 valence electrons. The van der Waals surface area contributed by atoms with E-state index < -0.39 is 0 Å². The highest BCUT2D eigenvalue weighted by molar-refractivity contribution is 6.35. The minimum atomic E-state index is -0.109. The summed E-state index contributed by atoms with van der Waals surface area (Å²) in [4.78, 5) is 12.5. The van der Waals surface area contributed by atoms with Crippen molar-refractivity contribution in [2.75, 3.05) is 24.4 Å². The summed E-state index contributed by atoms with van der Waals surface area (Å²) >= 11 is 5.85. The van der Waals surface area contributed by atoms with Crippen molar-refractivity contribution in [3.63, 3.8) is 0 Å². The van der Waals surface area contributed by atoms with E-state index in [1.165, 1.54) is 0 Å². The SMILES string of the molecule is CCOc1cc(C=C2C(=O)Nc3ccc(CCCl)cc32)cc(OCC)c1. The lowest BCUT2D eigenvalue weighted by atomic mass is 10.0. The van der Waals surface area contributed by atoms with Crippen LogP contribution in [0.2, 0.25) is 0 Å². The van der Waals surface area contributed by atoms with Crippen LogP contribution in [0.1, 0.15) is 30.5 Å². The fourth-order valence-electron chi connectivity index (χ4n) is 2.99. The highest BCUT2D eigenvalue weighted by atomic mass is 35.5. The second-order valence-electron chi connectivity index (χ2n) is 5.93. The van der Waals surface area contributed by atoms with Crippen molar-refractivity contribution in [1.29, 1.82) is 0 Å². The van der Waals surface area contributed by atoms with Crippen LogP contribution < -0.4 is 14.8 Å². The third-order valence-corrected chi connectivity index (χ3v) is 4.27. The van der Waals surface area contributed by atoms with Crippen molar-refractivity contribution >= 4 is 34.8 Å². The van der Waals surface area contributed by atoms with Gasteiger partial charge in [-0.05, 0) is 61.7 Å². The van der Waals surface area contributed by atoms with Gasteiger partial charge in [0.1, 0.15) is 11.5 Å². The Kier molecular flexibility index (Phi) is 5.84. The minimum absolute atomic E-state index is 0.109. The van der Waals surface area contributed by atoms with Gasteiger partial charge in [-0.25, -0.2) is 0 Å². The Morgan fingerprint density at radius 3 is 2.35 bits per heavy atom. The lowest BCUT2D eigenvalue weighted by Gasteiger charge is -2.09. The largest absolute Gasteiger partial charge is 0.494 e. The smallest absolute Gasteiger partial charge is 0.256 e. The summed E-state index contributed by atoms with van der Waals surface area (Å²) in [5.74, 6) is 1.88. The van der Waals surface area contributed by atoms with Crippen LogP contribution in [0.15, 0.2) is 36.4 Å². The molecule has 0 aromatic heterocycles. The average Bonchev–Trinajstić information content (AvgIpc) is 2.91. The van der Waals surface area contributed by atoms with Crippen LogP contribution >= 0.6 is 11.6 Å². The summed E-state index contributed by atoms with van der Waals surface area (Å²) in [5, 5.41) is 2.91. The fourth-order valence-corrected chi connectivity index (χ4v) is 3.21. The number of fused-ring (bicyclic) bond motifs is 1. The van der Waals surface area contributed by atoms with Gasteiger partial charge in [-0.1, -0.05) is 6.07 Å². The van der Waals surface area contributed by atoms with Gasteiger partial charge >= 0.3 is 0 Å². The Balaban J connectivity index is 2.02. The van der Waals surface area contributed by atoms with E-state index in [2.05, 4.69) is 5.32 Å². The van der Waals surface area contributed by atoms with Crippen LogP contribution in [0.3, 0.4) is 0 Å². The molecule has 2 aromatic carbocycles. The quantitative estimate of drug-likeness (QED) is 0.564. The van der Waals surface area contributed by atoms with Gasteiger partial charge in [-0.15, -0.1) is 11.6 Å². The molecule has 0 saturated carbocycles. The van der Waals surface area contributed by atoms with Gasteiger partial charge in [-0.3, -0.25) is 4.79 Å². The number of aryl methyl sites for hydroxylation is 1. The summed E-state index contributed by atoms with van der Waals surface area (Å²) in [6.45, 7) is 5.00. The van der Waals surface area contributed by atoms with Crippen LogP contribution in [0.5, 0.6) is 11.5 Å². The number of carbonyl (C=O) groups is 1. The zero-order valence-corrected chi connectivity index (χ0v) is 15.7. The molecular formula is C21H22ClNO3. The maximum atomic E-state index is 12.5. The van der Waals surface area contributed by atoms with Crippen molar-refractivity contribution in [3.05, 3.63) is 53.1 Å². The molecule has 1 N–H and O–H groups in total. The van der Waals surface area contributed by atoms with E-state index in [-0.39, 0.29) is 5.91 Å². The number of anilines is 1. The second kappa shape index (κ2) is 8.28. The van der Waals surface area contributed by atoms with E-state index in [1.54, 1.807) is 0 Å². The molecule has 0 aliphatic carbocycles. The number of halogens is 1. The standard InChI is InChI=1S/C21H22ClNO3/c1-3-25-16-9-15(10-17(13-16)26-4-2)12-19-18-11-14(7-8-22)5-6-20(18)23-21(19)24/h5-6,9-13H,3-4,7-8H2,1-2H3,(H,23,24). The Morgan fingerprint density at radius 1 is 1.04 bits per heavy atom. The van der Waals surface area contributed by atoms with Crippen LogP contribution in [-0.2, 0) is 11.2 Å². The lowest BCUT2D eigenvalue weighted by molar-refractivity contribution is -0.110. The van der Waals surface area contributed by atoms with Crippen molar-refractivity contribution in [2.24, 2.45) is 0 Å². The molecule has 0 fully saturated rings. The number of amides is 1. The molecule has 1 aliphatic rings. The molecule has 0 unspecified atom stereocenters. The van der Waals surface area contributed by atoms with Crippen LogP contribution in [-0.4, -0.2) is 25.0 Å². The molecule has 1 amide bonds. The highest BCUT2D eigenvalue weighted by Crippen LogP contribution is 2.35. The van der Waals surface area contributed by atoms with Gasteiger partial charge in [0.05, 0.1) is 13.2 Å². The summed E-state index contributed by atoms with van der Waals surface area (Å²) in [6, 6.07) is 11.6. The van der Waals surface area contributed by atoms with Crippen molar-refractivity contribution in [1.82, 2.24) is 0 Å². The predicted molar refractivity (Wildman–Crippen MR) is 106 cm³/mol. The molecule has 2 aromatic rings. The summed E-state index contributed by atoms with van der Waals surface area (Å²) in [6.07, 6.45) is 2.64. The first kappa shape index (κ1) is 18.3. The van der Waals surface area contributed by atoms with Crippen LogP contribution in [0, 0.1) is 0 Å². The molecule has 0 atom stereocenters. The molecule has 3 rings (SSSR count). The van der Waals surface area contributed by atoms with Gasteiger partial charge < -0.3 is 14.8 Å². The van der Waals surface area contributed by atoms with E-state index >= 15 is 0 Å². The third-order valence-electron chi connectivity index (χ3n) is 4.09. The Morgan fingerprint density at radius 2 is 1.73 bits per heavy atom. The minimum Gasteiger partial charge on any atom is -0.494 e. The number of rotatable bonds is 7. The Hall–Kier alpha value is -2.46. The molecule has 0 radical (unpaired) electrons. The van der Waals surface area contributed by atoms with Crippen LogP contribution in [0.4, 0.5) is 5.69 Å². The first-order valence-corrected chi connectivity index (χ1v) is 9.31. The van der Waals surface area contributed by atoms with Gasteiger partial charge in [-0.2, -0.15) is 0 Å². The number of hydrogen-bond acceptors (Lipinski definition) is 3. The van der Waals surface area contributed by atoms with Gasteiger partial charge in [0.2, 0.25) is 0 Å². The lowest BCUT2D eigenvalue weighted by Crippen LogP contribution is -2.03. The van der Waals surface area contributed by atoms with Gasteiger partial charge in [0, 0.05) is 28.8 Å². The van der Waals surface area contributed by atoms with Crippen molar-refractivity contribution in [3.8, 4) is 11.5 Å².